The zero-order chi connectivity index (χ0) is 13.1. The Morgan fingerprint density at radius 1 is 1.61 bits per heavy atom. The molecule has 0 atom stereocenters. The van der Waals surface area contributed by atoms with Gasteiger partial charge in [0.15, 0.2) is 15.2 Å². The van der Waals surface area contributed by atoms with Crippen LogP contribution in [-0.4, -0.2) is 25.1 Å². The average Bonchev–Trinajstić information content (AvgIpc) is 2.97. The monoisotopic (exact) mass is 302 g/mol. The molecule has 0 N–H and O–H groups in total. The Labute approximate surface area is 118 Å². The largest absolute Gasteiger partial charge is 0.465 e. The number of hydrogen-bond acceptors (Lipinski definition) is 6. The highest BCUT2D eigenvalue weighted by atomic mass is 35.5. The minimum Gasteiger partial charge on any atom is -0.465 e. The van der Waals surface area contributed by atoms with Crippen molar-refractivity contribution >= 4 is 45.4 Å². The highest BCUT2D eigenvalue weighted by Gasteiger charge is 2.19. The Kier molecular flexibility index (Phi) is 4.21. The zero-order valence-electron chi connectivity index (χ0n) is 9.84. The van der Waals surface area contributed by atoms with Gasteiger partial charge in [-0.1, -0.05) is 29.0 Å². The zero-order valence-corrected chi connectivity index (χ0v) is 12.2. The predicted octanol–water partition coefficient (Wildman–Crippen LogP) is 3.28. The van der Waals surface area contributed by atoms with Crippen LogP contribution < -0.4 is 4.90 Å². The van der Waals surface area contributed by atoms with E-state index in [0.29, 0.717) is 10.0 Å². The number of anilines is 1. The van der Waals surface area contributed by atoms with E-state index in [1.54, 1.807) is 11.3 Å². The van der Waals surface area contributed by atoms with Gasteiger partial charge >= 0.3 is 5.97 Å². The molecule has 4 nitrogen and oxygen atoms in total. The average molecular weight is 303 g/mol. The maximum atomic E-state index is 11.4. The topological polar surface area (TPSA) is 42.4 Å². The van der Waals surface area contributed by atoms with Crippen LogP contribution >= 0.6 is 34.3 Å². The number of esters is 1. The Morgan fingerprint density at radius 3 is 3.00 bits per heavy atom. The Morgan fingerprint density at radius 2 is 2.39 bits per heavy atom. The SMILES string of the molecule is COC(=O)c1sc(N(C)Cc2cccs2)nc1Cl. The van der Waals surface area contributed by atoms with Crippen molar-refractivity contribution in [2.24, 2.45) is 0 Å². The smallest absolute Gasteiger partial charge is 0.351 e. The van der Waals surface area contributed by atoms with Gasteiger partial charge in [0.25, 0.3) is 0 Å². The summed E-state index contributed by atoms with van der Waals surface area (Å²) in [7, 11) is 3.24. The summed E-state index contributed by atoms with van der Waals surface area (Å²) in [6, 6.07) is 4.06. The van der Waals surface area contributed by atoms with Crippen LogP contribution in [0.3, 0.4) is 0 Å². The summed E-state index contributed by atoms with van der Waals surface area (Å²) in [5, 5.41) is 2.92. The van der Waals surface area contributed by atoms with Gasteiger partial charge in [-0.25, -0.2) is 9.78 Å². The lowest BCUT2D eigenvalue weighted by atomic mass is 10.4. The number of carbonyl (C=O) groups excluding carboxylic acids is 1. The van der Waals surface area contributed by atoms with Gasteiger partial charge in [0, 0.05) is 11.9 Å². The number of ether oxygens (including phenoxy) is 1. The first-order chi connectivity index (χ1) is 8.61. The molecule has 0 aromatic carbocycles. The molecule has 2 heterocycles. The van der Waals surface area contributed by atoms with Crippen LogP contribution in [0, 0.1) is 0 Å². The summed E-state index contributed by atoms with van der Waals surface area (Å²) < 4.78 is 4.65. The van der Waals surface area contributed by atoms with E-state index in [9.17, 15) is 4.79 Å². The van der Waals surface area contributed by atoms with Crippen LogP contribution in [-0.2, 0) is 11.3 Å². The van der Waals surface area contributed by atoms with Crippen LogP contribution in [0.1, 0.15) is 14.5 Å². The standard InChI is InChI=1S/C11H11ClN2O2S2/c1-14(6-7-4-3-5-17-7)11-13-9(12)8(18-11)10(15)16-2/h3-5H,6H2,1-2H3. The lowest BCUT2D eigenvalue weighted by Gasteiger charge is -2.13. The van der Waals surface area contributed by atoms with Crippen molar-refractivity contribution in [3.63, 3.8) is 0 Å². The van der Waals surface area contributed by atoms with Gasteiger partial charge in [-0.3, -0.25) is 0 Å². The molecule has 0 bridgehead atoms. The highest BCUT2D eigenvalue weighted by Crippen LogP contribution is 2.30. The first kappa shape index (κ1) is 13.3. The van der Waals surface area contributed by atoms with Gasteiger partial charge in [0.2, 0.25) is 0 Å². The van der Waals surface area contributed by atoms with Crippen molar-refractivity contribution in [2.75, 3.05) is 19.1 Å². The molecule has 0 aliphatic rings. The number of thiazole rings is 1. The third-order valence-electron chi connectivity index (χ3n) is 2.24. The number of hydrogen-bond donors (Lipinski definition) is 0. The Balaban J connectivity index is 2.16. The molecule has 2 aromatic heterocycles. The third-order valence-corrected chi connectivity index (χ3v) is 4.64. The first-order valence-electron chi connectivity index (χ1n) is 5.10. The molecule has 0 radical (unpaired) electrons. The molecule has 0 fully saturated rings. The molecule has 0 spiro atoms. The second-order valence-corrected chi connectivity index (χ2v) is 5.91. The van der Waals surface area contributed by atoms with E-state index in [2.05, 4.69) is 15.8 Å². The quantitative estimate of drug-likeness (QED) is 0.813. The number of nitrogens with zero attached hydrogens (tertiary/aromatic N) is 2. The number of thiophene rings is 1. The summed E-state index contributed by atoms with van der Waals surface area (Å²) in [6.45, 7) is 0.738. The molecule has 0 aliphatic carbocycles. The fourth-order valence-corrected chi connectivity index (χ4v) is 3.29. The van der Waals surface area contributed by atoms with E-state index in [1.165, 1.54) is 23.3 Å². The van der Waals surface area contributed by atoms with Gasteiger partial charge in [0.05, 0.1) is 13.7 Å². The number of halogens is 1. The molecule has 0 aliphatic heterocycles. The molecule has 2 rings (SSSR count). The minimum absolute atomic E-state index is 0.194. The highest BCUT2D eigenvalue weighted by molar-refractivity contribution is 7.18. The maximum Gasteiger partial charge on any atom is 0.351 e. The Hall–Kier alpha value is -1.11. The van der Waals surface area contributed by atoms with Gasteiger partial charge in [-0.05, 0) is 11.4 Å². The summed E-state index contributed by atoms with van der Waals surface area (Å²) in [5.41, 5.74) is 0. The number of methoxy groups -OCH3 is 1. The van der Waals surface area contributed by atoms with Crippen LogP contribution in [0.5, 0.6) is 0 Å². The normalized spacial score (nSPS) is 10.4. The molecule has 96 valence electrons. The van der Waals surface area contributed by atoms with Gasteiger partial charge in [-0.2, -0.15) is 0 Å². The van der Waals surface area contributed by atoms with Crippen molar-refractivity contribution < 1.29 is 9.53 Å². The maximum absolute atomic E-state index is 11.4. The fraction of sp³-hybridized carbons (Fsp3) is 0.273. The second kappa shape index (κ2) is 5.69. The van der Waals surface area contributed by atoms with Crippen LogP contribution in [0.25, 0.3) is 0 Å². The minimum atomic E-state index is -0.451. The summed E-state index contributed by atoms with van der Waals surface area (Å²) in [5.74, 6) is -0.451. The van der Waals surface area contributed by atoms with Crippen molar-refractivity contribution in [3.8, 4) is 0 Å². The number of rotatable bonds is 4. The van der Waals surface area contributed by atoms with E-state index < -0.39 is 5.97 Å². The lowest BCUT2D eigenvalue weighted by Crippen LogP contribution is -2.15. The molecule has 0 saturated carbocycles. The Bertz CT molecular complexity index is 539. The first-order valence-corrected chi connectivity index (χ1v) is 7.17. The summed E-state index contributed by atoms with van der Waals surface area (Å²) >= 11 is 8.83. The van der Waals surface area contributed by atoms with E-state index in [4.69, 9.17) is 11.6 Å². The lowest BCUT2D eigenvalue weighted by molar-refractivity contribution is 0.0606. The second-order valence-electron chi connectivity index (χ2n) is 3.54. The summed E-state index contributed by atoms with van der Waals surface area (Å²) in [6.07, 6.45) is 0. The molecule has 0 unspecified atom stereocenters. The molecule has 18 heavy (non-hydrogen) atoms. The van der Waals surface area contributed by atoms with E-state index >= 15 is 0 Å². The van der Waals surface area contributed by atoms with Crippen LogP contribution in [0.4, 0.5) is 5.13 Å². The van der Waals surface area contributed by atoms with Crippen LogP contribution in [0.15, 0.2) is 17.5 Å². The number of aromatic nitrogens is 1. The molecular weight excluding hydrogens is 292 g/mol. The van der Waals surface area contributed by atoms with E-state index in [-0.39, 0.29) is 5.15 Å². The van der Waals surface area contributed by atoms with Gasteiger partial charge in [0.1, 0.15) is 0 Å². The van der Waals surface area contributed by atoms with Gasteiger partial charge < -0.3 is 9.64 Å². The van der Waals surface area contributed by atoms with Crippen molar-refractivity contribution in [3.05, 3.63) is 32.4 Å². The van der Waals surface area contributed by atoms with Crippen molar-refractivity contribution in [1.82, 2.24) is 4.98 Å². The fourth-order valence-electron chi connectivity index (χ4n) is 1.38. The van der Waals surface area contributed by atoms with Crippen molar-refractivity contribution in [2.45, 2.75) is 6.54 Å². The summed E-state index contributed by atoms with van der Waals surface area (Å²) in [4.78, 5) is 19.1. The number of carbonyl (C=O) groups is 1. The molecule has 2 aromatic rings. The van der Waals surface area contributed by atoms with E-state index in [0.717, 1.165) is 6.54 Å². The predicted molar refractivity (Wildman–Crippen MR) is 74.9 cm³/mol. The van der Waals surface area contributed by atoms with Crippen LogP contribution in [0.2, 0.25) is 5.15 Å². The third kappa shape index (κ3) is 2.82. The van der Waals surface area contributed by atoms with E-state index in [1.807, 2.05) is 23.4 Å². The molecular formula is C11H11ClN2O2S2. The van der Waals surface area contributed by atoms with Crippen molar-refractivity contribution in [1.29, 1.82) is 0 Å². The molecule has 0 amide bonds. The van der Waals surface area contributed by atoms with Gasteiger partial charge in [-0.15, -0.1) is 11.3 Å². The molecule has 0 saturated heterocycles. The molecule has 7 heteroatoms.